The highest BCUT2D eigenvalue weighted by molar-refractivity contribution is 5.97. The van der Waals surface area contributed by atoms with E-state index >= 15 is 0 Å². The van der Waals surface area contributed by atoms with Crippen LogP contribution in [-0.2, 0) is 4.79 Å². The Hall–Kier alpha value is -1.55. The third-order valence-electron chi connectivity index (χ3n) is 1.50. The SMILES string of the molecule is C=C/C=C(C#CC(=O)C(C)C)\C=C/C. The molecule has 0 unspecified atom stereocenters. The molecule has 0 aromatic carbocycles. The van der Waals surface area contributed by atoms with Crippen molar-refractivity contribution in [3.63, 3.8) is 0 Å². The number of allylic oxidation sites excluding steroid dienone is 5. The van der Waals surface area contributed by atoms with Crippen LogP contribution in [0.4, 0.5) is 0 Å². The van der Waals surface area contributed by atoms with Gasteiger partial charge < -0.3 is 0 Å². The predicted octanol–water partition coefficient (Wildman–Crippen LogP) is 2.90. The predicted molar refractivity (Wildman–Crippen MR) is 60.7 cm³/mol. The van der Waals surface area contributed by atoms with Crippen LogP contribution < -0.4 is 0 Å². The number of ketones is 1. The average molecular weight is 188 g/mol. The van der Waals surface area contributed by atoms with Crippen molar-refractivity contribution in [2.45, 2.75) is 20.8 Å². The highest BCUT2D eigenvalue weighted by atomic mass is 16.1. The van der Waals surface area contributed by atoms with Crippen LogP contribution in [0.25, 0.3) is 0 Å². The van der Waals surface area contributed by atoms with Gasteiger partial charge in [-0.1, -0.05) is 44.6 Å². The van der Waals surface area contributed by atoms with Crippen LogP contribution >= 0.6 is 0 Å². The smallest absolute Gasteiger partial charge is 0.208 e. The molecular formula is C13H16O. The van der Waals surface area contributed by atoms with E-state index < -0.39 is 0 Å². The van der Waals surface area contributed by atoms with Gasteiger partial charge in [0.1, 0.15) is 0 Å². The molecule has 0 amide bonds. The van der Waals surface area contributed by atoms with Gasteiger partial charge in [-0.05, 0) is 18.9 Å². The lowest BCUT2D eigenvalue weighted by Crippen LogP contribution is -2.02. The van der Waals surface area contributed by atoms with Crippen LogP contribution in [0.5, 0.6) is 0 Å². The number of hydrogen-bond donors (Lipinski definition) is 0. The Morgan fingerprint density at radius 1 is 1.36 bits per heavy atom. The summed E-state index contributed by atoms with van der Waals surface area (Å²) in [4.78, 5) is 11.2. The number of rotatable bonds is 3. The van der Waals surface area contributed by atoms with Gasteiger partial charge in [0, 0.05) is 11.5 Å². The van der Waals surface area contributed by atoms with Crippen molar-refractivity contribution in [2.24, 2.45) is 5.92 Å². The first-order valence-corrected chi connectivity index (χ1v) is 4.63. The average Bonchev–Trinajstić information content (AvgIpc) is 2.14. The maximum atomic E-state index is 11.2. The van der Waals surface area contributed by atoms with E-state index in [1.54, 1.807) is 12.2 Å². The van der Waals surface area contributed by atoms with Crippen LogP contribution in [0.3, 0.4) is 0 Å². The molecular weight excluding hydrogens is 172 g/mol. The summed E-state index contributed by atoms with van der Waals surface area (Å²) >= 11 is 0. The summed E-state index contributed by atoms with van der Waals surface area (Å²) in [7, 11) is 0. The normalized spacial score (nSPS) is 11.3. The van der Waals surface area contributed by atoms with Gasteiger partial charge in [0.15, 0.2) is 0 Å². The highest BCUT2D eigenvalue weighted by Crippen LogP contribution is 1.97. The molecule has 0 aliphatic rings. The molecule has 0 spiro atoms. The second-order valence-electron chi connectivity index (χ2n) is 3.13. The number of carbonyl (C=O) groups excluding carboxylic acids is 1. The van der Waals surface area contributed by atoms with Crippen LogP contribution in [0, 0.1) is 17.8 Å². The van der Waals surface area contributed by atoms with Gasteiger partial charge in [-0.25, -0.2) is 0 Å². The summed E-state index contributed by atoms with van der Waals surface area (Å²) in [6.45, 7) is 9.16. The molecule has 0 aromatic heterocycles. The molecule has 0 bridgehead atoms. The van der Waals surface area contributed by atoms with Gasteiger partial charge in [0.25, 0.3) is 0 Å². The summed E-state index contributed by atoms with van der Waals surface area (Å²) < 4.78 is 0. The third-order valence-corrected chi connectivity index (χ3v) is 1.50. The first kappa shape index (κ1) is 12.4. The minimum absolute atomic E-state index is 0.0295. The maximum Gasteiger partial charge on any atom is 0.208 e. The fourth-order valence-corrected chi connectivity index (χ4v) is 0.724. The lowest BCUT2D eigenvalue weighted by molar-refractivity contribution is -0.116. The van der Waals surface area contributed by atoms with Crippen LogP contribution in [0.1, 0.15) is 20.8 Å². The first-order chi connectivity index (χ1) is 6.61. The molecule has 0 aliphatic carbocycles. The quantitative estimate of drug-likeness (QED) is 0.378. The van der Waals surface area contributed by atoms with Gasteiger partial charge >= 0.3 is 0 Å². The van der Waals surface area contributed by atoms with E-state index in [9.17, 15) is 4.79 Å². The molecule has 1 heteroatoms. The zero-order valence-corrected chi connectivity index (χ0v) is 9.00. The lowest BCUT2D eigenvalue weighted by Gasteiger charge is -1.92. The molecule has 0 fully saturated rings. The van der Waals surface area contributed by atoms with Crippen molar-refractivity contribution in [1.82, 2.24) is 0 Å². The molecule has 0 N–H and O–H groups in total. The van der Waals surface area contributed by atoms with E-state index in [2.05, 4.69) is 18.4 Å². The topological polar surface area (TPSA) is 17.1 Å². The van der Waals surface area contributed by atoms with Crippen LogP contribution in [0.15, 0.2) is 36.5 Å². The van der Waals surface area contributed by atoms with E-state index in [0.29, 0.717) is 0 Å². The van der Waals surface area contributed by atoms with E-state index in [1.165, 1.54) is 0 Å². The standard InChI is InChI=1S/C13H16O/c1-5-7-12(8-6-2)9-10-13(14)11(3)4/h5-8,11H,1H2,2-4H3/b8-6-,12-7+. The Morgan fingerprint density at radius 3 is 2.43 bits per heavy atom. The Balaban J connectivity index is 4.67. The monoisotopic (exact) mass is 188 g/mol. The van der Waals surface area contributed by atoms with Gasteiger partial charge in [-0.3, -0.25) is 4.79 Å². The van der Waals surface area contributed by atoms with Gasteiger partial charge in [0.05, 0.1) is 0 Å². The Bertz CT molecular complexity index is 319. The van der Waals surface area contributed by atoms with Gasteiger partial charge in [-0.15, -0.1) is 0 Å². The minimum atomic E-state index is -0.0375. The summed E-state index contributed by atoms with van der Waals surface area (Å²) in [5.74, 6) is 5.33. The molecule has 0 saturated heterocycles. The number of hydrogen-bond acceptors (Lipinski definition) is 1. The minimum Gasteiger partial charge on any atom is -0.285 e. The van der Waals surface area contributed by atoms with Crippen LogP contribution in [-0.4, -0.2) is 5.78 Å². The molecule has 0 rings (SSSR count). The van der Waals surface area contributed by atoms with Crippen molar-refractivity contribution in [3.05, 3.63) is 36.5 Å². The Labute approximate surface area is 86.2 Å². The summed E-state index contributed by atoms with van der Waals surface area (Å²) in [6.07, 6.45) is 7.16. The zero-order valence-electron chi connectivity index (χ0n) is 9.00. The summed E-state index contributed by atoms with van der Waals surface area (Å²) in [5, 5.41) is 0. The molecule has 0 saturated carbocycles. The fraction of sp³-hybridized carbons (Fsp3) is 0.308. The maximum absolute atomic E-state index is 11.2. The van der Waals surface area contributed by atoms with E-state index in [-0.39, 0.29) is 11.7 Å². The molecule has 74 valence electrons. The highest BCUT2D eigenvalue weighted by Gasteiger charge is 2.01. The van der Waals surface area contributed by atoms with Crippen molar-refractivity contribution in [3.8, 4) is 11.8 Å². The van der Waals surface area contributed by atoms with Crippen molar-refractivity contribution in [1.29, 1.82) is 0 Å². The number of carbonyl (C=O) groups is 1. The lowest BCUT2D eigenvalue weighted by atomic mass is 10.1. The largest absolute Gasteiger partial charge is 0.285 e. The molecule has 0 aliphatic heterocycles. The first-order valence-electron chi connectivity index (χ1n) is 4.63. The summed E-state index contributed by atoms with van der Waals surface area (Å²) in [5.41, 5.74) is 0.802. The fourth-order valence-electron chi connectivity index (χ4n) is 0.724. The number of Topliss-reactive ketones (excluding diaryl/α,β-unsaturated/α-hetero) is 1. The second kappa shape index (κ2) is 6.91. The Morgan fingerprint density at radius 2 is 2.00 bits per heavy atom. The Kier molecular flexibility index (Phi) is 6.15. The molecule has 0 atom stereocenters. The zero-order chi connectivity index (χ0) is 11.0. The van der Waals surface area contributed by atoms with Crippen LogP contribution in [0.2, 0.25) is 0 Å². The van der Waals surface area contributed by atoms with Crippen molar-refractivity contribution >= 4 is 5.78 Å². The molecule has 0 heterocycles. The van der Waals surface area contributed by atoms with Gasteiger partial charge in [-0.2, -0.15) is 0 Å². The third kappa shape index (κ3) is 5.16. The molecule has 14 heavy (non-hydrogen) atoms. The van der Waals surface area contributed by atoms with E-state index in [1.807, 2.05) is 32.9 Å². The van der Waals surface area contributed by atoms with Crippen molar-refractivity contribution < 1.29 is 4.79 Å². The summed E-state index contributed by atoms with van der Waals surface area (Å²) in [6, 6.07) is 0. The van der Waals surface area contributed by atoms with Crippen molar-refractivity contribution in [2.75, 3.05) is 0 Å². The second-order valence-corrected chi connectivity index (χ2v) is 3.13. The molecule has 0 radical (unpaired) electrons. The van der Waals surface area contributed by atoms with E-state index in [0.717, 1.165) is 5.57 Å². The molecule has 0 aromatic rings. The van der Waals surface area contributed by atoms with Gasteiger partial charge in [0.2, 0.25) is 5.78 Å². The molecule has 1 nitrogen and oxygen atoms in total. The van der Waals surface area contributed by atoms with E-state index in [4.69, 9.17) is 0 Å².